The molecule has 3 heterocycles. The monoisotopic (exact) mass is 298 g/mol. The van der Waals surface area contributed by atoms with E-state index in [9.17, 15) is 4.79 Å². The maximum atomic E-state index is 11.1. The number of aromatic nitrogens is 2. The van der Waals surface area contributed by atoms with Crippen LogP contribution >= 0.6 is 0 Å². The van der Waals surface area contributed by atoms with Crippen LogP contribution in [0.15, 0.2) is 18.5 Å². The molecule has 22 heavy (non-hydrogen) atoms. The van der Waals surface area contributed by atoms with Crippen LogP contribution in [-0.2, 0) is 0 Å². The van der Waals surface area contributed by atoms with Crippen molar-refractivity contribution in [3.05, 3.63) is 29.7 Å². The number of pyridine rings is 1. The Hall–Kier alpha value is -1.88. The third-order valence-electron chi connectivity index (χ3n) is 4.90. The Morgan fingerprint density at radius 1 is 1.23 bits per heavy atom. The summed E-state index contributed by atoms with van der Waals surface area (Å²) in [5.41, 5.74) is 4.00. The van der Waals surface area contributed by atoms with Gasteiger partial charge in [-0.25, -0.2) is 4.98 Å². The summed E-state index contributed by atoms with van der Waals surface area (Å²) in [6, 6.07) is 2.30. The van der Waals surface area contributed by atoms with Crippen molar-refractivity contribution in [3.8, 4) is 0 Å². The minimum Gasteiger partial charge on any atom is -0.366 e. The van der Waals surface area contributed by atoms with Gasteiger partial charge in [-0.2, -0.15) is 0 Å². The van der Waals surface area contributed by atoms with E-state index in [2.05, 4.69) is 34.0 Å². The van der Waals surface area contributed by atoms with Gasteiger partial charge in [0, 0.05) is 38.6 Å². The van der Waals surface area contributed by atoms with E-state index in [1.165, 1.54) is 24.1 Å². The third kappa shape index (κ3) is 2.39. The molecule has 0 atom stereocenters. The van der Waals surface area contributed by atoms with Gasteiger partial charge in [0.2, 0.25) is 0 Å². The average molecular weight is 298 g/mol. The van der Waals surface area contributed by atoms with Crippen molar-refractivity contribution < 1.29 is 4.79 Å². The number of imidazole rings is 1. The Kier molecular flexibility index (Phi) is 3.37. The lowest BCUT2D eigenvalue weighted by atomic mass is 10.1. The Balaban J connectivity index is 1.74. The smallest absolute Gasteiger partial charge is 0.170 e. The molecule has 116 valence electrons. The Bertz CT molecular complexity index is 696. The number of nitrogens with zero attached hydrogens (tertiary/aromatic N) is 4. The van der Waals surface area contributed by atoms with Crippen LogP contribution in [0, 0.1) is 0 Å². The first-order valence-corrected chi connectivity index (χ1v) is 8.23. The van der Waals surface area contributed by atoms with Gasteiger partial charge < -0.3 is 14.2 Å². The topological polar surface area (TPSA) is 40.9 Å². The molecule has 2 aliphatic rings. The second kappa shape index (κ2) is 5.39. The lowest BCUT2D eigenvalue weighted by molar-refractivity contribution is 0.111. The van der Waals surface area contributed by atoms with E-state index in [1.807, 2.05) is 10.6 Å². The highest BCUT2D eigenvalue weighted by Crippen LogP contribution is 2.41. The number of likely N-dealkylation sites (N-methyl/N-ethyl adjacent to an activating group) is 1. The lowest BCUT2D eigenvalue weighted by Crippen LogP contribution is -2.46. The molecule has 2 aromatic rings. The molecule has 5 heteroatoms. The van der Waals surface area contributed by atoms with Crippen LogP contribution in [0.1, 0.15) is 41.7 Å². The standard InChI is InChI=1S/C17H22N4O/c1-2-19-5-7-20(8-6-19)16-9-14(13-3-4-13)10-21-11-15(12-22)18-17(16)21/h9-13H,2-8H2,1H3. The van der Waals surface area contributed by atoms with Gasteiger partial charge in [0.05, 0.1) is 5.69 Å². The molecule has 2 fully saturated rings. The van der Waals surface area contributed by atoms with E-state index in [0.29, 0.717) is 11.6 Å². The maximum absolute atomic E-state index is 11.1. The van der Waals surface area contributed by atoms with Crippen LogP contribution in [-0.4, -0.2) is 53.3 Å². The lowest BCUT2D eigenvalue weighted by Gasteiger charge is -2.35. The van der Waals surface area contributed by atoms with Crippen molar-refractivity contribution in [3.63, 3.8) is 0 Å². The van der Waals surface area contributed by atoms with Crippen molar-refractivity contribution in [2.75, 3.05) is 37.6 Å². The minimum atomic E-state index is 0.515. The Morgan fingerprint density at radius 2 is 2.00 bits per heavy atom. The van der Waals surface area contributed by atoms with Gasteiger partial charge in [-0.05, 0) is 36.9 Å². The van der Waals surface area contributed by atoms with Gasteiger partial charge in [0.25, 0.3) is 0 Å². The highest BCUT2D eigenvalue weighted by molar-refractivity contribution is 5.78. The first-order chi connectivity index (χ1) is 10.8. The number of carbonyl (C=O) groups is 1. The first kappa shape index (κ1) is 13.8. The number of hydrogen-bond acceptors (Lipinski definition) is 4. The fourth-order valence-electron chi connectivity index (χ4n) is 3.36. The molecule has 0 radical (unpaired) electrons. The molecule has 0 bridgehead atoms. The molecule has 0 aromatic carbocycles. The zero-order chi connectivity index (χ0) is 15.1. The predicted octanol–water partition coefficient (Wildman–Crippen LogP) is 2.17. The summed E-state index contributed by atoms with van der Waals surface area (Å²) in [6.07, 6.45) is 7.40. The Morgan fingerprint density at radius 3 is 2.64 bits per heavy atom. The van der Waals surface area contributed by atoms with Crippen molar-refractivity contribution in [1.29, 1.82) is 0 Å². The molecular weight excluding hydrogens is 276 g/mol. The summed E-state index contributed by atoms with van der Waals surface area (Å²) in [5.74, 6) is 0.696. The van der Waals surface area contributed by atoms with E-state index < -0.39 is 0 Å². The van der Waals surface area contributed by atoms with Crippen LogP contribution in [0.3, 0.4) is 0 Å². The SMILES string of the molecule is CCN1CCN(c2cc(C3CC3)cn3cc(C=O)nc23)CC1. The third-order valence-corrected chi connectivity index (χ3v) is 4.90. The van der Waals surface area contributed by atoms with E-state index in [-0.39, 0.29) is 0 Å². The van der Waals surface area contributed by atoms with Crippen LogP contribution in [0.2, 0.25) is 0 Å². The first-order valence-electron chi connectivity index (χ1n) is 8.23. The molecule has 0 N–H and O–H groups in total. The largest absolute Gasteiger partial charge is 0.366 e. The van der Waals surface area contributed by atoms with Crippen LogP contribution < -0.4 is 4.90 Å². The van der Waals surface area contributed by atoms with Gasteiger partial charge in [-0.1, -0.05) is 6.92 Å². The fourth-order valence-corrected chi connectivity index (χ4v) is 3.36. The number of piperazine rings is 1. The highest BCUT2D eigenvalue weighted by atomic mass is 16.1. The highest BCUT2D eigenvalue weighted by Gasteiger charge is 2.27. The minimum absolute atomic E-state index is 0.515. The van der Waals surface area contributed by atoms with Gasteiger partial charge in [-0.15, -0.1) is 0 Å². The quantitative estimate of drug-likeness (QED) is 0.811. The van der Waals surface area contributed by atoms with Crippen LogP contribution in [0.25, 0.3) is 5.65 Å². The molecule has 0 spiro atoms. The summed E-state index contributed by atoms with van der Waals surface area (Å²) in [6.45, 7) is 7.58. The van der Waals surface area contributed by atoms with Gasteiger partial charge in [0.15, 0.2) is 11.9 Å². The summed E-state index contributed by atoms with van der Waals surface area (Å²) in [7, 11) is 0. The molecular formula is C17H22N4O. The molecule has 0 unspecified atom stereocenters. The zero-order valence-electron chi connectivity index (χ0n) is 13.0. The number of aldehydes is 1. The van der Waals surface area contributed by atoms with Crippen molar-refractivity contribution in [2.45, 2.75) is 25.7 Å². The van der Waals surface area contributed by atoms with E-state index in [1.54, 1.807) is 0 Å². The Labute approximate surface area is 130 Å². The summed E-state index contributed by atoms with van der Waals surface area (Å²) in [5, 5.41) is 0. The van der Waals surface area contributed by atoms with Gasteiger partial charge >= 0.3 is 0 Å². The van der Waals surface area contributed by atoms with E-state index >= 15 is 0 Å². The molecule has 5 nitrogen and oxygen atoms in total. The maximum Gasteiger partial charge on any atom is 0.170 e. The number of anilines is 1. The zero-order valence-corrected chi connectivity index (χ0v) is 13.0. The number of hydrogen-bond donors (Lipinski definition) is 0. The molecule has 0 amide bonds. The number of fused-ring (bicyclic) bond motifs is 1. The van der Waals surface area contributed by atoms with Crippen molar-refractivity contribution in [1.82, 2.24) is 14.3 Å². The summed E-state index contributed by atoms with van der Waals surface area (Å²) in [4.78, 5) is 20.5. The van der Waals surface area contributed by atoms with E-state index in [0.717, 1.165) is 44.7 Å². The number of carbonyl (C=O) groups excluding carboxylic acids is 1. The van der Waals surface area contributed by atoms with Crippen molar-refractivity contribution in [2.24, 2.45) is 0 Å². The van der Waals surface area contributed by atoms with Crippen molar-refractivity contribution >= 4 is 17.6 Å². The van der Waals surface area contributed by atoms with E-state index in [4.69, 9.17) is 0 Å². The molecule has 1 saturated carbocycles. The average Bonchev–Trinajstić information content (AvgIpc) is 3.33. The van der Waals surface area contributed by atoms with Crippen LogP contribution in [0.4, 0.5) is 5.69 Å². The molecule has 1 aliphatic heterocycles. The van der Waals surface area contributed by atoms with Crippen LogP contribution in [0.5, 0.6) is 0 Å². The fraction of sp³-hybridized carbons (Fsp3) is 0.529. The molecule has 1 aliphatic carbocycles. The predicted molar refractivity (Wildman–Crippen MR) is 86.9 cm³/mol. The van der Waals surface area contributed by atoms with Gasteiger partial charge in [0.1, 0.15) is 5.69 Å². The normalized spacial score (nSPS) is 19.8. The van der Waals surface area contributed by atoms with Gasteiger partial charge in [-0.3, -0.25) is 4.79 Å². The second-order valence-electron chi connectivity index (χ2n) is 6.37. The molecule has 1 saturated heterocycles. The second-order valence-corrected chi connectivity index (χ2v) is 6.37. The summed E-state index contributed by atoms with van der Waals surface area (Å²) < 4.78 is 2.04. The molecule has 2 aromatic heterocycles. The summed E-state index contributed by atoms with van der Waals surface area (Å²) >= 11 is 0. The number of rotatable bonds is 4. The molecule has 4 rings (SSSR count).